The molecule has 1 unspecified atom stereocenters. The Hall–Kier alpha value is -4.51. The summed E-state index contributed by atoms with van der Waals surface area (Å²) in [6, 6.07) is 15.8. The number of nitrogens with zero attached hydrogens (tertiary/aromatic N) is 1. The second kappa shape index (κ2) is 9.39. The maximum absolute atomic E-state index is 12.2. The Bertz CT molecular complexity index is 1560. The van der Waals surface area contributed by atoms with Crippen molar-refractivity contribution in [2.45, 2.75) is 6.04 Å². The summed E-state index contributed by atoms with van der Waals surface area (Å²) >= 11 is 0. The molecule has 4 aromatic rings. The molecule has 4 rings (SSSR count). The van der Waals surface area contributed by atoms with E-state index in [0.717, 1.165) is 17.4 Å². The van der Waals surface area contributed by atoms with Gasteiger partial charge in [-0.2, -0.15) is 0 Å². The highest BCUT2D eigenvalue weighted by atomic mass is 32.2. The first-order chi connectivity index (χ1) is 16.6. The van der Waals surface area contributed by atoms with E-state index in [2.05, 4.69) is 20.3 Å². The van der Waals surface area contributed by atoms with Crippen molar-refractivity contribution in [2.75, 3.05) is 21.6 Å². The third-order valence-corrected chi connectivity index (χ3v) is 5.78. The Kier molecular flexibility index (Phi) is 6.34. The molecule has 35 heavy (non-hydrogen) atoms. The summed E-state index contributed by atoms with van der Waals surface area (Å²) in [6.45, 7) is 0. The van der Waals surface area contributed by atoms with Crippen molar-refractivity contribution in [3.05, 3.63) is 99.1 Å². The number of carbonyl (C=O) groups is 1. The molecule has 10 nitrogen and oxygen atoms in total. The fraction of sp³-hybridized carbons (Fsp3) is 0.0833. The Labute approximate surface area is 200 Å². The summed E-state index contributed by atoms with van der Waals surface area (Å²) in [7, 11) is -3.42. The van der Waals surface area contributed by atoms with E-state index in [0.29, 0.717) is 16.9 Å². The van der Waals surface area contributed by atoms with Gasteiger partial charge in [-0.1, -0.05) is 36.4 Å². The zero-order valence-electron chi connectivity index (χ0n) is 18.5. The van der Waals surface area contributed by atoms with Gasteiger partial charge in [-0.05, 0) is 41.0 Å². The van der Waals surface area contributed by atoms with Crippen molar-refractivity contribution in [1.82, 2.24) is 4.98 Å². The Balaban J connectivity index is 1.58. The molecule has 0 aliphatic heterocycles. The molecule has 1 aromatic heterocycles. The van der Waals surface area contributed by atoms with Crippen molar-refractivity contribution in [3.8, 4) is 11.1 Å². The van der Waals surface area contributed by atoms with E-state index < -0.39 is 32.8 Å². The van der Waals surface area contributed by atoms with Gasteiger partial charge in [-0.3, -0.25) is 24.1 Å². The first kappa shape index (κ1) is 23.6. The summed E-state index contributed by atoms with van der Waals surface area (Å²) in [5.41, 5.74) is 7.12. The summed E-state index contributed by atoms with van der Waals surface area (Å²) in [4.78, 5) is 40.4. The van der Waals surface area contributed by atoms with Gasteiger partial charge in [0.25, 0.3) is 10.9 Å². The SMILES string of the molecule is CS(=O)(=O)Nc1cccc(-c2ccc(C(Nc3c(Nc4ccncc4)c(=O)c3=O)C(N)=O)cc2)c1. The van der Waals surface area contributed by atoms with Crippen molar-refractivity contribution in [3.63, 3.8) is 0 Å². The standard InChI is InChI=1S/C24H21N5O5S/c1-35(33,34)29-18-4-2-3-16(13-18)14-5-7-15(8-6-14)19(24(25)32)28-21-20(22(30)23(21)31)27-17-9-11-26-12-10-17/h2-13,19,28-29H,1H3,(H2,25,32)(H,26,27). The molecule has 5 N–H and O–H groups in total. The molecule has 0 saturated carbocycles. The van der Waals surface area contributed by atoms with Crippen LogP contribution < -0.4 is 31.9 Å². The first-order valence-electron chi connectivity index (χ1n) is 10.4. The number of pyridine rings is 1. The lowest BCUT2D eigenvalue weighted by molar-refractivity contribution is -0.118. The number of aromatic nitrogens is 1. The fourth-order valence-corrected chi connectivity index (χ4v) is 4.09. The summed E-state index contributed by atoms with van der Waals surface area (Å²) in [6.07, 6.45) is 4.13. The molecule has 0 bridgehead atoms. The lowest BCUT2D eigenvalue weighted by Gasteiger charge is -2.21. The second-order valence-electron chi connectivity index (χ2n) is 7.83. The van der Waals surface area contributed by atoms with Crippen molar-refractivity contribution >= 4 is 38.7 Å². The van der Waals surface area contributed by atoms with Crippen molar-refractivity contribution in [2.24, 2.45) is 5.73 Å². The van der Waals surface area contributed by atoms with Gasteiger partial charge in [-0.25, -0.2) is 8.42 Å². The zero-order valence-corrected chi connectivity index (χ0v) is 19.3. The topological polar surface area (TPSA) is 160 Å². The highest BCUT2D eigenvalue weighted by Crippen LogP contribution is 2.28. The van der Waals surface area contributed by atoms with Crippen molar-refractivity contribution < 1.29 is 13.2 Å². The average molecular weight is 492 g/mol. The minimum Gasteiger partial charge on any atom is -0.368 e. The van der Waals surface area contributed by atoms with Crippen LogP contribution in [0.1, 0.15) is 11.6 Å². The largest absolute Gasteiger partial charge is 0.368 e. The van der Waals surface area contributed by atoms with E-state index >= 15 is 0 Å². The fourth-order valence-electron chi connectivity index (χ4n) is 3.54. The number of hydrogen-bond donors (Lipinski definition) is 4. The molecule has 0 aliphatic rings. The summed E-state index contributed by atoms with van der Waals surface area (Å²) in [5.74, 6) is -0.736. The number of nitrogens with one attached hydrogen (secondary N) is 3. The predicted molar refractivity (Wildman–Crippen MR) is 135 cm³/mol. The number of benzene rings is 2. The minimum absolute atomic E-state index is 0.0285. The van der Waals surface area contributed by atoms with Gasteiger partial charge in [0.15, 0.2) is 0 Å². The van der Waals surface area contributed by atoms with Crippen LogP contribution in [0.15, 0.2) is 82.6 Å². The molecular formula is C24H21N5O5S. The first-order valence-corrected chi connectivity index (χ1v) is 12.3. The highest BCUT2D eigenvalue weighted by molar-refractivity contribution is 7.92. The van der Waals surface area contributed by atoms with E-state index in [1.54, 1.807) is 54.6 Å². The molecule has 0 spiro atoms. The number of anilines is 4. The quantitative estimate of drug-likeness (QED) is 0.259. The zero-order chi connectivity index (χ0) is 25.2. The van der Waals surface area contributed by atoms with E-state index in [-0.39, 0.29) is 11.4 Å². The number of hydrogen-bond acceptors (Lipinski definition) is 8. The molecule has 1 heterocycles. The summed E-state index contributed by atoms with van der Waals surface area (Å²) < 4.78 is 25.4. The minimum atomic E-state index is -3.42. The molecule has 0 saturated heterocycles. The highest BCUT2D eigenvalue weighted by Gasteiger charge is 2.27. The Morgan fingerprint density at radius 1 is 0.886 bits per heavy atom. The third kappa shape index (κ3) is 5.36. The predicted octanol–water partition coefficient (Wildman–Crippen LogP) is 2.10. The lowest BCUT2D eigenvalue weighted by Crippen LogP contribution is -2.39. The van der Waals surface area contributed by atoms with E-state index in [1.807, 2.05) is 6.07 Å². The number of nitrogens with two attached hydrogens (primary N) is 1. The van der Waals surface area contributed by atoms with E-state index in [9.17, 15) is 22.8 Å². The van der Waals surface area contributed by atoms with Crippen LogP contribution in [-0.2, 0) is 14.8 Å². The number of primary amides is 1. The third-order valence-electron chi connectivity index (χ3n) is 5.18. The van der Waals surface area contributed by atoms with Gasteiger partial charge >= 0.3 is 0 Å². The van der Waals surface area contributed by atoms with E-state index in [4.69, 9.17) is 5.73 Å². The molecule has 11 heteroatoms. The van der Waals surface area contributed by atoms with Gasteiger partial charge < -0.3 is 16.4 Å². The number of sulfonamides is 1. The van der Waals surface area contributed by atoms with Crippen LogP contribution in [0.5, 0.6) is 0 Å². The average Bonchev–Trinajstić information content (AvgIpc) is 2.83. The van der Waals surface area contributed by atoms with Gasteiger partial charge in [0, 0.05) is 23.8 Å². The molecule has 3 aromatic carbocycles. The second-order valence-corrected chi connectivity index (χ2v) is 9.57. The molecule has 178 valence electrons. The van der Waals surface area contributed by atoms with Crippen LogP contribution in [0.2, 0.25) is 0 Å². The number of carbonyl (C=O) groups excluding carboxylic acids is 1. The monoisotopic (exact) mass is 491 g/mol. The molecule has 0 radical (unpaired) electrons. The van der Waals surface area contributed by atoms with Gasteiger partial charge in [0.2, 0.25) is 15.9 Å². The van der Waals surface area contributed by atoms with Crippen LogP contribution in [0.4, 0.5) is 22.7 Å². The van der Waals surface area contributed by atoms with Crippen LogP contribution in [-0.4, -0.2) is 25.6 Å². The van der Waals surface area contributed by atoms with Crippen LogP contribution in [0, 0.1) is 0 Å². The molecular weight excluding hydrogens is 470 g/mol. The Morgan fingerprint density at radius 2 is 1.54 bits per heavy atom. The van der Waals surface area contributed by atoms with Crippen molar-refractivity contribution in [1.29, 1.82) is 0 Å². The lowest BCUT2D eigenvalue weighted by atomic mass is 9.99. The number of rotatable bonds is 9. The molecule has 1 atom stereocenters. The van der Waals surface area contributed by atoms with Gasteiger partial charge in [-0.15, -0.1) is 0 Å². The summed E-state index contributed by atoms with van der Waals surface area (Å²) in [5, 5.41) is 5.66. The molecule has 0 aliphatic carbocycles. The molecule has 0 fully saturated rings. The van der Waals surface area contributed by atoms with Gasteiger partial charge in [0.1, 0.15) is 17.4 Å². The van der Waals surface area contributed by atoms with Crippen LogP contribution in [0.3, 0.4) is 0 Å². The Morgan fingerprint density at radius 3 is 2.17 bits per heavy atom. The van der Waals surface area contributed by atoms with Crippen LogP contribution >= 0.6 is 0 Å². The van der Waals surface area contributed by atoms with Gasteiger partial charge in [0.05, 0.1) is 6.26 Å². The number of amides is 1. The maximum atomic E-state index is 12.2. The normalized spacial score (nSPS) is 12.1. The molecule has 1 amide bonds. The van der Waals surface area contributed by atoms with Crippen LogP contribution in [0.25, 0.3) is 11.1 Å². The van der Waals surface area contributed by atoms with E-state index in [1.165, 1.54) is 12.4 Å². The maximum Gasteiger partial charge on any atom is 0.253 e. The smallest absolute Gasteiger partial charge is 0.253 e.